The van der Waals surface area contributed by atoms with E-state index in [0.29, 0.717) is 12.4 Å². The second-order valence-corrected chi connectivity index (χ2v) is 4.84. The van der Waals surface area contributed by atoms with E-state index in [1.165, 1.54) is 0 Å². The average Bonchev–Trinajstić information content (AvgIpc) is 2.34. The van der Waals surface area contributed by atoms with E-state index in [0.717, 1.165) is 14.7 Å². The van der Waals surface area contributed by atoms with Gasteiger partial charge < -0.3 is 18.9 Å². The van der Waals surface area contributed by atoms with Gasteiger partial charge in [-0.2, -0.15) is 0 Å². The SMILES string of the molecule is COc1cc(Br)c(OCC(OC)OC)cc1Br. The van der Waals surface area contributed by atoms with Gasteiger partial charge >= 0.3 is 0 Å². The topological polar surface area (TPSA) is 36.9 Å². The summed E-state index contributed by atoms with van der Waals surface area (Å²) in [5.41, 5.74) is 0. The maximum atomic E-state index is 5.58. The third-order valence-corrected chi connectivity index (χ3v) is 3.35. The van der Waals surface area contributed by atoms with Gasteiger partial charge in [0.1, 0.15) is 18.1 Å². The van der Waals surface area contributed by atoms with E-state index in [2.05, 4.69) is 31.9 Å². The molecule has 0 aromatic heterocycles. The van der Waals surface area contributed by atoms with E-state index in [4.69, 9.17) is 18.9 Å². The molecule has 0 saturated carbocycles. The van der Waals surface area contributed by atoms with Crippen molar-refractivity contribution in [2.45, 2.75) is 6.29 Å². The molecular formula is C11H14Br2O4. The highest BCUT2D eigenvalue weighted by molar-refractivity contribution is 9.11. The van der Waals surface area contributed by atoms with Crippen molar-refractivity contribution in [3.8, 4) is 11.5 Å². The van der Waals surface area contributed by atoms with Crippen LogP contribution in [0.1, 0.15) is 0 Å². The Morgan fingerprint density at radius 3 is 2.06 bits per heavy atom. The Labute approximate surface area is 117 Å². The van der Waals surface area contributed by atoms with Crippen molar-refractivity contribution >= 4 is 31.9 Å². The molecule has 0 bridgehead atoms. The summed E-state index contributed by atoms with van der Waals surface area (Å²) in [7, 11) is 4.74. The summed E-state index contributed by atoms with van der Waals surface area (Å²) in [5.74, 6) is 1.43. The van der Waals surface area contributed by atoms with Gasteiger partial charge in [0, 0.05) is 14.2 Å². The van der Waals surface area contributed by atoms with Crippen LogP contribution in [-0.4, -0.2) is 34.2 Å². The van der Waals surface area contributed by atoms with Crippen LogP contribution in [0.3, 0.4) is 0 Å². The molecule has 0 heterocycles. The van der Waals surface area contributed by atoms with Crippen LogP contribution < -0.4 is 9.47 Å². The number of halogens is 2. The molecule has 0 unspecified atom stereocenters. The summed E-state index contributed by atoms with van der Waals surface area (Å²) in [6.45, 7) is 0.310. The van der Waals surface area contributed by atoms with Crippen LogP contribution in [-0.2, 0) is 9.47 Å². The molecule has 4 nitrogen and oxygen atoms in total. The summed E-state index contributed by atoms with van der Waals surface area (Å²) in [4.78, 5) is 0. The van der Waals surface area contributed by atoms with Gasteiger partial charge in [0.2, 0.25) is 0 Å². The highest BCUT2D eigenvalue weighted by atomic mass is 79.9. The highest BCUT2D eigenvalue weighted by Crippen LogP contribution is 2.36. The van der Waals surface area contributed by atoms with Gasteiger partial charge in [-0.1, -0.05) is 0 Å². The third-order valence-electron chi connectivity index (χ3n) is 2.11. The van der Waals surface area contributed by atoms with E-state index in [1.807, 2.05) is 12.1 Å². The Morgan fingerprint density at radius 1 is 1.00 bits per heavy atom. The Hall–Kier alpha value is -0.300. The maximum absolute atomic E-state index is 5.58. The van der Waals surface area contributed by atoms with Crippen LogP contribution in [0.25, 0.3) is 0 Å². The number of methoxy groups -OCH3 is 3. The van der Waals surface area contributed by atoms with E-state index in [9.17, 15) is 0 Å². The van der Waals surface area contributed by atoms with Crippen LogP contribution in [0.5, 0.6) is 11.5 Å². The normalized spacial score (nSPS) is 10.7. The Kier molecular flexibility index (Phi) is 6.26. The second-order valence-electron chi connectivity index (χ2n) is 3.13. The fraction of sp³-hybridized carbons (Fsp3) is 0.455. The van der Waals surface area contributed by atoms with Crippen LogP contribution in [0.15, 0.2) is 21.1 Å². The molecule has 0 aliphatic heterocycles. The second kappa shape index (κ2) is 7.20. The lowest BCUT2D eigenvalue weighted by Crippen LogP contribution is -2.22. The zero-order chi connectivity index (χ0) is 12.8. The first-order valence-electron chi connectivity index (χ1n) is 4.83. The van der Waals surface area contributed by atoms with Crippen LogP contribution in [0.2, 0.25) is 0 Å². The average molecular weight is 370 g/mol. The molecule has 0 saturated heterocycles. The van der Waals surface area contributed by atoms with Crippen LogP contribution in [0, 0.1) is 0 Å². The zero-order valence-corrected chi connectivity index (χ0v) is 13.0. The molecule has 17 heavy (non-hydrogen) atoms. The molecule has 0 fully saturated rings. The Bertz CT molecular complexity index is 367. The summed E-state index contributed by atoms with van der Waals surface area (Å²) < 4.78 is 22.5. The Balaban J connectivity index is 2.75. The first-order valence-corrected chi connectivity index (χ1v) is 6.42. The largest absolute Gasteiger partial charge is 0.496 e. The van der Waals surface area contributed by atoms with Crippen molar-refractivity contribution < 1.29 is 18.9 Å². The third kappa shape index (κ3) is 4.13. The number of ether oxygens (including phenoxy) is 4. The molecule has 1 rings (SSSR count). The lowest BCUT2D eigenvalue weighted by molar-refractivity contribution is -0.122. The summed E-state index contributed by atoms with van der Waals surface area (Å²) in [5, 5.41) is 0. The first-order chi connectivity index (χ1) is 8.12. The summed E-state index contributed by atoms with van der Waals surface area (Å²) in [6, 6.07) is 3.65. The molecule has 0 aliphatic rings. The number of hydrogen-bond donors (Lipinski definition) is 0. The van der Waals surface area contributed by atoms with Crippen molar-refractivity contribution in [1.82, 2.24) is 0 Å². The van der Waals surface area contributed by atoms with Gasteiger partial charge in [-0.15, -0.1) is 0 Å². The van der Waals surface area contributed by atoms with Crippen molar-refractivity contribution in [2.24, 2.45) is 0 Å². The minimum absolute atomic E-state index is 0.310. The maximum Gasteiger partial charge on any atom is 0.191 e. The first kappa shape index (κ1) is 14.8. The van der Waals surface area contributed by atoms with Gasteiger partial charge in [0.25, 0.3) is 0 Å². The van der Waals surface area contributed by atoms with Gasteiger partial charge in [-0.25, -0.2) is 0 Å². The van der Waals surface area contributed by atoms with Gasteiger partial charge in [0.15, 0.2) is 6.29 Å². The van der Waals surface area contributed by atoms with Gasteiger partial charge in [-0.3, -0.25) is 0 Å². The highest BCUT2D eigenvalue weighted by Gasteiger charge is 2.11. The minimum atomic E-state index is -0.386. The molecule has 0 spiro atoms. The van der Waals surface area contributed by atoms with Gasteiger partial charge in [-0.05, 0) is 44.0 Å². The summed E-state index contributed by atoms with van der Waals surface area (Å²) in [6.07, 6.45) is -0.386. The predicted octanol–water partition coefficient (Wildman–Crippen LogP) is 3.22. The fourth-order valence-electron chi connectivity index (χ4n) is 1.17. The number of hydrogen-bond acceptors (Lipinski definition) is 4. The van der Waals surface area contributed by atoms with Gasteiger partial charge in [0.05, 0.1) is 16.1 Å². The Morgan fingerprint density at radius 2 is 1.53 bits per heavy atom. The zero-order valence-electron chi connectivity index (χ0n) is 9.83. The standard InChI is InChI=1S/C11H14Br2O4/c1-14-9-4-8(13)10(5-7(9)12)17-6-11(15-2)16-3/h4-5,11H,6H2,1-3H3. The minimum Gasteiger partial charge on any atom is -0.496 e. The molecular weight excluding hydrogens is 356 g/mol. The molecule has 1 aromatic carbocycles. The molecule has 0 N–H and O–H groups in total. The smallest absolute Gasteiger partial charge is 0.191 e. The molecule has 6 heteroatoms. The van der Waals surface area contributed by atoms with Crippen LogP contribution >= 0.6 is 31.9 Å². The van der Waals surface area contributed by atoms with E-state index in [-0.39, 0.29) is 6.29 Å². The molecule has 96 valence electrons. The lowest BCUT2D eigenvalue weighted by atomic mass is 10.3. The molecule has 0 atom stereocenters. The molecule has 0 amide bonds. The van der Waals surface area contributed by atoms with E-state index < -0.39 is 0 Å². The van der Waals surface area contributed by atoms with Crippen molar-refractivity contribution in [3.63, 3.8) is 0 Å². The van der Waals surface area contributed by atoms with Crippen molar-refractivity contribution in [1.29, 1.82) is 0 Å². The molecule has 0 radical (unpaired) electrons. The van der Waals surface area contributed by atoms with Crippen molar-refractivity contribution in [3.05, 3.63) is 21.1 Å². The quantitative estimate of drug-likeness (QED) is 0.721. The van der Waals surface area contributed by atoms with Crippen LogP contribution in [0.4, 0.5) is 0 Å². The summed E-state index contributed by atoms with van der Waals surface area (Å²) >= 11 is 6.80. The predicted molar refractivity (Wildman–Crippen MR) is 71.7 cm³/mol. The number of rotatable bonds is 6. The van der Waals surface area contributed by atoms with E-state index >= 15 is 0 Å². The fourth-order valence-corrected chi connectivity index (χ4v) is 2.09. The van der Waals surface area contributed by atoms with Crippen molar-refractivity contribution in [2.75, 3.05) is 27.9 Å². The monoisotopic (exact) mass is 368 g/mol. The molecule has 0 aliphatic carbocycles. The van der Waals surface area contributed by atoms with E-state index in [1.54, 1.807) is 21.3 Å². The molecule has 1 aromatic rings. The number of benzene rings is 1. The lowest BCUT2D eigenvalue weighted by Gasteiger charge is -2.16.